The van der Waals surface area contributed by atoms with Crippen LogP contribution < -0.4 is 0 Å². The number of carbonyl (C=O) groups excluding carboxylic acids is 3. The van der Waals surface area contributed by atoms with E-state index in [1.165, 1.54) is 25.5 Å². The Kier molecular flexibility index (Phi) is 17.0. The molecule has 11 nitrogen and oxygen atoms in total. The molecule has 3 aliphatic heterocycles. The van der Waals surface area contributed by atoms with Gasteiger partial charge in [0, 0.05) is 37.5 Å². The fourth-order valence-electron chi connectivity index (χ4n) is 9.33. The minimum atomic E-state index is -2.02. The van der Waals surface area contributed by atoms with Gasteiger partial charge in [0.2, 0.25) is 12.9 Å². The van der Waals surface area contributed by atoms with E-state index in [0.29, 0.717) is 49.1 Å². The summed E-state index contributed by atoms with van der Waals surface area (Å²) >= 11 is 0.886. The van der Waals surface area contributed by atoms with Crippen molar-refractivity contribution in [3.8, 4) is 0 Å². The molecule has 13 heteroatoms. The highest BCUT2D eigenvalue weighted by molar-refractivity contribution is 8.15. The molecule has 0 aromatic heterocycles. The smallest absolute Gasteiger partial charge is 0.308 e. The van der Waals surface area contributed by atoms with Gasteiger partial charge in [-0.1, -0.05) is 78.9 Å². The lowest BCUT2D eigenvalue weighted by Crippen LogP contribution is -2.62. The fourth-order valence-corrected chi connectivity index (χ4v) is 9.63. The van der Waals surface area contributed by atoms with Crippen molar-refractivity contribution in [1.82, 2.24) is 0 Å². The maximum absolute atomic E-state index is 13.6. The molecule has 1 saturated carbocycles. The van der Waals surface area contributed by atoms with E-state index in [2.05, 4.69) is 20.8 Å². The number of hydrogen-bond donors (Lipinski definition) is 1. The van der Waals surface area contributed by atoms with Gasteiger partial charge in [0.1, 0.15) is 12.4 Å². The molecular weight excluding hydrogens is 735 g/mol. The third kappa shape index (κ3) is 12.2. The Morgan fingerprint density at radius 1 is 1.07 bits per heavy atom. The van der Waals surface area contributed by atoms with E-state index in [9.17, 15) is 19.5 Å². The van der Waals surface area contributed by atoms with Gasteiger partial charge >= 0.3 is 11.9 Å². The second kappa shape index (κ2) is 21.0. The van der Waals surface area contributed by atoms with Crippen molar-refractivity contribution in [2.24, 2.45) is 29.1 Å². The average Bonchev–Trinajstić information content (AvgIpc) is 3.13. The number of allylic oxidation sites excluding steroid dienone is 2. The number of aliphatic hydroxyl groups is 1. The molecule has 1 aliphatic carbocycles. The molecule has 0 aromatic carbocycles. The van der Waals surface area contributed by atoms with Gasteiger partial charge in [-0.15, -0.1) is 0 Å². The Morgan fingerprint density at radius 3 is 2.48 bits per heavy atom. The molecule has 3 saturated heterocycles. The predicted molar refractivity (Wildman–Crippen MR) is 218 cm³/mol. The van der Waals surface area contributed by atoms with Crippen LogP contribution in [-0.2, 0) is 47.0 Å². The number of carbonyl (C=O) groups is 3. The third-order valence-corrected chi connectivity index (χ3v) is 12.8. The zero-order valence-corrected chi connectivity index (χ0v) is 36.2. The molecule has 317 valence electrons. The molecule has 4 fully saturated rings. The van der Waals surface area contributed by atoms with Crippen molar-refractivity contribution < 1.29 is 52.1 Å². The van der Waals surface area contributed by atoms with Gasteiger partial charge in [0.15, 0.2) is 11.9 Å². The van der Waals surface area contributed by atoms with E-state index >= 15 is 0 Å². The standard InChI is InChI=1S/C43H70BO11S/c1-10-31-21-35(54-43(48,40(31)50-30(7)46)41(8,9)18-12-19-45)24-38(28(4)5)52-39(47)25-36(55-56-44)23-33-14-11-13-32(51-33)22-34-17-20-49-42(53-34)26-29(6)15-16-37(42)27(2)3/h10,12,18-19,27-29,32-38,40,44,48H,11,13-17,20-26H2,1-9H3/b18-12+,31-10+/t29-,32-,33+,34+,35+,36-,37+,38-,40?,42+,43-/m1/s1/i44T. The first-order chi connectivity index (χ1) is 26.9. The molecule has 1 radical (unpaired) electrons. The predicted octanol–water partition coefficient (Wildman–Crippen LogP) is 7.63. The van der Waals surface area contributed by atoms with Crippen LogP contribution in [0.2, 0.25) is 0 Å². The third-order valence-electron chi connectivity index (χ3n) is 12.4. The minimum absolute atomic E-state index is 0.0252. The molecule has 56 heavy (non-hydrogen) atoms. The summed E-state index contributed by atoms with van der Waals surface area (Å²) in [5.41, 5.74) is -0.479. The highest BCUT2D eigenvalue weighted by Crippen LogP contribution is 2.48. The largest absolute Gasteiger partial charge is 0.462 e. The van der Waals surface area contributed by atoms with E-state index in [1.807, 2.05) is 13.8 Å². The Morgan fingerprint density at radius 2 is 1.82 bits per heavy atom. The summed E-state index contributed by atoms with van der Waals surface area (Å²) in [6.07, 6.45) is 11.2. The Hall–Kier alpha value is -1.74. The first-order valence-electron chi connectivity index (χ1n) is 21.6. The summed E-state index contributed by atoms with van der Waals surface area (Å²) < 4.78 is 51.7. The lowest BCUT2D eigenvalue weighted by atomic mass is 9.72. The van der Waals surface area contributed by atoms with Gasteiger partial charge in [-0.3, -0.25) is 14.4 Å². The molecule has 0 aromatic rings. The highest BCUT2D eigenvalue weighted by Gasteiger charge is 2.57. The second-order valence-corrected chi connectivity index (χ2v) is 18.3. The SMILES string of the molecule is [3H][B]SO[C@@H](CC(=O)O[C@H](C[C@@H]1C/C(=C\C)C(OC(C)=O)[C@](O)(C(C)(C)/C=C/C=O)O1)C(C)C)C[C@@H]1CCC[C@H](C[C@@H]2CCO[C@@]3(C[C@H](C)CC[C@H]3C(C)C)O2)O1. The van der Waals surface area contributed by atoms with Gasteiger partial charge in [0.25, 0.3) is 0 Å². The summed E-state index contributed by atoms with van der Waals surface area (Å²) in [4.78, 5) is 37.0. The quantitative estimate of drug-likeness (QED) is 0.0364. The molecule has 0 bridgehead atoms. The van der Waals surface area contributed by atoms with Crippen molar-refractivity contribution in [2.75, 3.05) is 6.61 Å². The van der Waals surface area contributed by atoms with Crippen LogP contribution in [-0.4, -0.2) is 92.7 Å². The van der Waals surface area contributed by atoms with Crippen LogP contribution in [0.15, 0.2) is 23.8 Å². The summed E-state index contributed by atoms with van der Waals surface area (Å²) in [5, 5.41) is 12.1. The molecule has 11 atom stereocenters. The molecule has 4 rings (SSSR count). The number of aldehydes is 1. The first-order valence-corrected chi connectivity index (χ1v) is 21.8. The van der Waals surface area contributed by atoms with Crippen LogP contribution in [0.1, 0.15) is 139 Å². The van der Waals surface area contributed by atoms with Crippen LogP contribution in [0, 0.1) is 29.1 Å². The zero-order chi connectivity index (χ0) is 42.0. The number of esters is 2. The molecule has 1 spiro atoms. The maximum atomic E-state index is 13.6. The van der Waals surface area contributed by atoms with Crippen LogP contribution >= 0.6 is 11.9 Å². The number of hydrogen-bond acceptors (Lipinski definition) is 12. The van der Waals surface area contributed by atoms with Crippen molar-refractivity contribution >= 4 is 37.2 Å². The summed E-state index contributed by atoms with van der Waals surface area (Å²) in [5.74, 6) is -2.22. The van der Waals surface area contributed by atoms with Crippen LogP contribution in [0.5, 0.6) is 0 Å². The van der Waals surface area contributed by atoms with Crippen molar-refractivity contribution in [3.63, 3.8) is 0 Å². The zero-order valence-electron chi connectivity index (χ0n) is 36.4. The van der Waals surface area contributed by atoms with Crippen LogP contribution in [0.4, 0.5) is 0 Å². The van der Waals surface area contributed by atoms with Crippen LogP contribution in [0.25, 0.3) is 0 Å². The van der Waals surface area contributed by atoms with E-state index in [4.69, 9.17) is 33.9 Å². The molecule has 1 unspecified atom stereocenters. The van der Waals surface area contributed by atoms with Crippen molar-refractivity contribution in [1.29, 1.82) is 1.34 Å². The maximum Gasteiger partial charge on any atom is 0.308 e. The van der Waals surface area contributed by atoms with Gasteiger partial charge in [-0.25, -0.2) is 0 Å². The monoisotopic (exact) mass is 807 g/mol. The summed E-state index contributed by atoms with van der Waals surface area (Å²) in [7, 11) is 1.10. The lowest BCUT2D eigenvalue weighted by Gasteiger charge is -2.51. The molecule has 4 aliphatic rings. The normalized spacial score (nSPS) is 35.0. The Bertz CT molecular complexity index is 1380. The van der Waals surface area contributed by atoms with Crippen LogP contribution in [0.3, 0.4) is 0 Å². The Labute approximate surface area is 342 Å². The van der Waals surface area contributed by atoms with E-state index in [0.717, 1.165) is 63.9 Å². The van der Waals surface area contributed by atoms with Gasteiger partial charge < -0.3 is 37.7 Å². The Balaban J connectivity index is 1.39. The second-order valence-electron chi connectivity index (χ2n) is 17.9. The molecule has 3 heterocycles. The first kappa shape index (κ1) is 45.4. The average molecular weight is 808 g/mol. The topological polar surface area (TPSA) is 136 Å². The highest BCUT2D eigenvalue weighted by atomic mass is 32.2. The number of ether oxygens (including phenoxy) is 6. The van der Waals surface area contributed by atoms with E-state index in [1.54, 1.807) is 26.8 Å². The van der Waals surface area contributed by atoms with Gasteiger partial charge in [0.05, 0.1) is 43.5 Å². The fraction of sp³-hybridized carbons (Fsp3) is 0.837. The summed E-state index contributed by atoms with van der Waals surface area (Å²) in [6.45, 7) is 17.9. The molecule has 0 amide bonds. The summed E-state index contributed by atoms with van der Waals surface area (Å²) in [6, 6.07) is 0. The molecular formula is C43H70BO11S. The van der Waals surface area contributed by atoms with Crippen molar-refractivity contribution in [2.45, 2.75) is 194 Å². The van der Waals surface area contributed by atoms with Gasteiger partial charge in [-0.05, 0) is 82.6 Å². The molecule has 1 N–H and O–H groups in total. The minimum Gasteiger partial charge on any atom is -0.462 e. The lowest BCUT2D eigenvalue weighted by molar-refractivity contribution is -0.342. The van der Waals surface area contributed by atoms with Gasteiger partial charge in [-0.2, -0.15) is 0 Å². The van der Waals surface area contributed by atoms with E-state index in [-0.39, 0.29) is 37.1 Å². The number of rotatable bonds is 18. The van der Waals surface area contributed by atoms with Crippen molar-refractivity contribution in [3.05, 3.63) is 23.8 Å². The van der Waals surface area contributed by atoms with E-state index < -0.39 is 53.3 Å².